The summed E-state index contributed by atoms with van der Waals surface area (Å²) in [4.78, 5) is 54.9. The number of carboxylic acids is 2. The van der Waals surface area contributed by atoms with Gasteiger partial charge in [0.05, 0.1) is 18.3 Å². The van der Waals surface area contributed by atoms with Crippen LogP contribution in [0.5, 0.6) is 0 Å². The van der Waals surface area contributed by atoms with Gasteiger partial charge in [-0.05, 0) is 24.3 Å². The van der Waals surface area contributed by atoms with E-state index in [0.717, 1.165) is 22.7 Å². The minimum Gasteiger partial charge on any atom is -0.481 e. The molecule has 0 radical (unpaired) electrons. The van der Waals surface area contributed by atoms with Gasteiger partial charge in [-0.3, -0.25) is 19.2 Å². The molecule has 47 heavy (non-hydrogen) atoms. The summed E-state index contributed by atoms with van der Waals surface area (Å²) < 4.78 is 0. The first-order valence-electron chi connectivity index (χ1n) is 13.5. The standard InChI is InChI=1S/C16H14ClN3O3S.C15H12ClN3O3S/c1-16(2,7-12(21)22)14(23)20-15-19-13(11(8-18)24-15)9-4-3-5-10(17)6-9;1-8(5-12(20)21)14(22)19-15-18-13(11(7-17)23-15)9-3-2-4-10(16)6-9/h3-6H,7H2,1-2H3,(H,21,22)(H,19,20,23);2-4,6,8H,5H2,1H3,(H,20,21)(H,18,19,22). The van der Waals surface area contributed by atoms with Crippen molar-refractivity contribution in [2.45, 2.75) is 33.6 Å². The molecule has 1 atom stereocenters. The lowest BCUT2D eigenvalue weighted by atomic mass is 9.88. The highest BCUT2D eigenvalue weighted by Crippen LogP contribution is 2.34. The van der Waals surface area contributed by atoms with Crippen molar-refractivity contribution in [3.05, 3.63) is 68.3 Å². The van der Waals surface area contributed by atoms with Crippen LogP contribution < -0.4 is 10.6 Å². The predicted molar refractivity (Wildman–Crippen MR) is 179 cm³/mol. The number of hydrogen-bond acceptors (Lipinski definition) is 10. The number of halogens is 2. The highest BCUT2D eigenvalue weighted by atomic mass is 35.5. The van der Waals surface area contributed by atoms with Crippen molar-refractivity contribution in [1.29, 1.82) is 10.5 Å². The van der Waals surface area contributed by atoms with E-state index in [1.165, 1.54) is 20.8 Å². The SMILES string of the molecule is CC(C)(CC(=O)O)C(=O)Nc1nc(-c2cccc(Cl)c2)c(C#N)s1.CC(CC(=O)O)C(=O)Nc1nc(-c2cccc(Cl)c2)c(C#N)s1. The van der Waals surface area contributed by atoms with Crippen LogP contribution in [-0.2, 0) is 19.2 Å². The molecular formula is C31H26Cl2N6O6S2. The van der Waals surface area contributed by atoms with Gasteiger partial charge in [0.15, 0.2) is 10.3 Å². The number of nitrogens with one attached hydrogen (secondary N) is 2. The van der Waals surface area contributed by atoms with Crippen molar-refractivity contribution < 1.29 is 29.4 Å². The molecule has 4 N–H and O–H groups in total. The average Bonchev–Trinajstić information content (AvgIpc) is 3.60. The number of rotatable bonds is 10. The van der Waals surface area contributed by atoms with Gasteiger partial charge in [-0.1, -0.05) is 90.9 Å². The van der Waals surface area contributed by atoms with Crippen molar-refractivity contribution in [3.8, 4) is 34.7 Å². The summed E-state index contributed by atoms with van der Waals surface area (Å²) in [6.45, 7) is 4.58. The van der Waals surface area contributed by atoms with E-state index >= 15 is 0 Å². The molecule has 0 aliphatic carbocycles. The van der Waals surface area contributed by atoms with Crippen molar-refractivity contribution in [1.82, 2.24) is 9.97 Å². The predicted octanol–water partition coefficient (Wildman–Crippen LogP) is 7.16. The summed E-state index contributed by atoms with van der Waals surface area (Å²) in [6.07, 6.45) is -0.583. The number of carboxylic acid groups (broad SMARTS) is 2. The Balaban J connectivity index is 0.000000256. The van der Waals surface area contributed by atoms with Gasteiger partial charge in [0.1, 0.15) is 33.3 Å². The zero-order valence-corrected chi connectivity index (χ0v) is 28.1. The topological polar surface area (TPSA) is 206 Å². The third kappa shape index (κ3) is 10.3. The first-order chi connectivity index (χ1) is 22.1. The Hall–Kier alpha value is -4.86. The molecule has 2 amide bonds. The minimum absolute atomic E-state index is 0.241. The molecule has 0 bridgehead atoms. The van der Waals surface area contributed by atoms with Crippen LogP contribution in [-0.4, -0.2) is 43.9 Å². The normalized spacial score (nSPS) is 11.2. The number of carbonyl (C=O) groups excluding carboxylic acids is 2. The maximum absolute atomic E-state index is 12.3. The fourth-order valence-electron chi connectivity index (χ4n) is 3.87. The Kier molecular flexibility index (Phi) is 12.5. The van der Waals surface area contributed by atoms with Gasteiger partial charge in [0.25, 0.3) is 0 Å². The zero-order valence-electron chi connectivity index (χ0n) is 25.0. The van der Waals surface area contributed by atoms with Crippen molar-refractivity contribution in [2.75, 3.05) is 10.6 Å². The number of nitriles is 2. The molecule has 0 aliphatic rings. The first-order valence-corrected chi connectivity index (χ1v) is 15.9. The molecule has 1 unspecified atom stereocenters. The van der Waals surface area contributed by atoms with Crippen LogP contribution in [0.3, 0.4) is 0 Å². The van der Waals surface area contributed by atoms with Crippen molar-refractivity contribution >= 4 is 79.9 Å². The number of hydrogen-bond donors (Lipinski definition) is 4. The molecule has 2 aromatic heterocycles. The smallest absolute Gasteiger partial charge is 0.304 e. The number of amides is 2. The lowest BCUT2D eigenvalue weighted by Crippen LogP contribution is -2.32. The molecule has 2 heterocycles. The van der Waals surface area contributed by atoms with Gasteiger partial charge in [-0.2, -0.15) is 10.5 Å². The Morgan fingerprint density at radius 2 is 1.32 bits per heavy atom. The largest absolute Gasteiger partial charge is 0.481 e. The Bertz CT molecular complexity index is 1910. The van der Waals surface area contributed by atoms with Gasteiger partial charge in [-0.15, -0.1) is 0 Å². The molecule has 242 valence electrons. The fraction of sp³-hybridized carbons (Fsp3) is 0.226. The van der Waals surface area contributed by atoms with E-state index in [9.17, 15) is 29.7 Å². The Labute approximate surface area is 287 Å². The number of benzene rings is 2. The van der Waals surface area contributed by atoms with E-state index in [4.69, 9.17) is 33.4 Å². The number of anilines is 2. The van der Waals surface area contributed by atoms with Crippen LogP contribution >= 0.6 is 45.9 Å². The monoisotopic (exact) mass is 712 g/mol. The molecule has 2 aromatic carbocycles. The van der Waals surface area contributed by atoms with Crippen molar-refractivity contribution in [2.24, 2.45) is 11.3 Å². The molecular weight excluding hydrogens is 687 g/mol. The van der Waals surface area contributed by atoms with Crippen LogP contribution in [0.4, 0.5) is 10.3 Å². The van der Waals surface area contributed by atoms with Crippen LogP contribution in [0.2, 0.25) is 10.0 Å². The van der Waals surface area contributed by atoms with Gasteiger partial charge in [-0.25, -0.2) is 9.97 Å². The lowest BCUT2D eigenvalue weighted by Gasteiger charge is -2.20. The average molecular weight is 714 g/mol. The highest BCUT2D eigenvalue weighted by molar-refractivity contribution is 7.17. The summed E-state index contributed by atoms with van der Waals surface area (Å²) >= 11 is 14.0. The molecule has 4 rings (SSSR count). The summed E-state index contributed by atoms with van der Waals surface area (Å²) in [5, 5.41) is 42.7. The number of aliphatic carboxylic acids is 2. The summed E-state index contributed by atoms with van der Waals surface area (Å²) in [7, 11) is 0. The molecule has 0 spiro atoms. The van der Waals surface area contributed by atoms with E-state index in [1.807, 2.05) is 12.1 Å². The maximum Gasteiger partial charge on any atom is 0.304 e. The number of thiazole rings is 2. The van der Waals surface area contributed by atoms with Crippen molar-refractivity contribution in [3.63, 3.8) is 0 Å². The van der Waals surface area contributed by atoms with E-state index in [0.29, 0.717) is 42.3 Å². The van der Waals surface area contributed by atoms with Crippen LogP contribution in [0.15, 0.2) is 48.5 Å². The van der Waals surface area contributed by atoms with E-state index in [-0.39, 0.29) is 23.1 Å². The lowest BCUT2D eigenvalue weighted by molar-refractivity contribution is -0.142. The Morgan fingerprint density at radius 3 is 1.72 bits per heavy atom. The van der Waals surface area contributed by atoms with Crippen LogP contribution in [0, 0.1) is 34.0 Å². The molecule has 4 aromatic rings. The van der Waals surface area contributed by atoms with E-state index in [2.05, 4.69) is 20.6 Å². The van der Waals surface area contributed by atoms with E-state index in [1.54, 1.807) is 48.5 Å². The third-order valence-electron chi connectivity index (χ3n) is 6.24. The summed E-state index contributed by atoms with van der Waals surface area (Å²) in [6, 6.07) is 17.9. The zero-order chi connectivity index (χ0) is 34.9. The second kappa shape index (κ2) is 16.1. The molecule has 0 fully saturated rings. The highest BCUT2D eigenvalue weighted by Gasteiger charge is 2.31. The maximum atomic E-state index is 12.3. The number of aromatic nitrogens is 2. The molecule has 0 saturated heterocycles. The van der Waals surface area contributed by atoms with Gasteiger partial charge < -0.3 is 20.8 Å². The second-order valence-corrected chi connectivity index (χ2v) is 13.4. The van der Waals surface area contributed by atoms with Crippen LogP contribution in [0.1, 0.15) is 43.4 Å². The molecule has 0 aliphatic heterocycles. The summed E-state index contributed by atoms with van der Waals surface area (Å²) in [5.41, 5.74) is 1.10. The fourth-order valence-corrected chi connectivity index (χ4v) is 5.82. The van der Waals surface area contributed by atoms with Gasteiger partial charge in [0.2, 0.25) is 11.8 Å². The van der Waals surface area contributed by atoms with Gasteiger partial charge >= 0.3 is 11.9 Å². The third-order valence-corrected chi connectivity index (χ3v) is 8.46. The van der Waals surface area contributed by atoms with E-state index < -0.39 is 35.1 Å². The quantitative estimate of drug-likeness (QED) is 0.130. The van der Waals surface area contributed by atoms with Gasteiger partial charge in [0, 0.05) is 27.1 Å². The molecule has 12 nitrogen and oxygen atoms in total. The first kappa shape index (κ1) is 36.6. The second-order valence-electron chi connectivity index (χ2n) is 10.5. The number of carbonyl (C=O) groups is 4. The minimum atomic E-state index is -1.10. The Morgan fingerprint density at radius 1 is 0.851 bits per heavy atom. The number of nitrogens with zero attached hydrogens (tertiary/aromatic N) is 4. The molecule has 16 heteroatoms. The summed E-state index contributed by atoms with van der Waals surface area (Å²) in [5.74, 6) is -3.74. The molecule has 0 saturated carbocycles. The van der Waals surface area contributed by atoms with Crippen LogP contribution in [0.25, 0.3) is 22.5 Å².